The van der Waals surface area contributed by atoms with Crippen molar-refractivity contribution < 1.29 is 14.3 Å². The Balaban J connectivity index is 2.33. The van der Waals surface area contributed by atoms with Crippen molar-refractivity contribution >= 4 is 5.97 Å². The number of benzene rings is 2. The topological polar surface area (TPSA) is 35.5 Å². The molecule has 0 radical (unpaired) electrons. The van der Waals surface area contributed by atoms with E-state index in [1.165, 1.54) is 22.3 Å². The number of aryl methyl sites for hydroxylation is 1. The molecule has 140 valence electrons. The van der Waals surface area contributed by atoms with Crippen LogP contribution in [0.1, 0.15) is 63.1 Å². The molecule has 0 spiro atoms. The Hall–Kier alpha value is -2.29. The fourth-order valence-electron chi connectivity index (χ4n) is 3.09. The molecule has 2 aromatic rings. The number of hydrogen-bond donors (Lipinski definition) is 0. The second kappa shape index (κ2) is 8.88. The van der Waals surface area contributed by atoms with E-state index in [4.69, 9.17) is 9.47 Å². The van der Waals surface area contributed by atoms with Crippen molar-refractivity contribution in [2.45, 2.75) is 53.4 Å². The van der Waals surface area contributed by atoms with Crippen molar-refractivity contribution in [3.63, 3.8) is 0 Å². The average molecular weight is 354 g/mol. The Morgan fingerprint density at radius 1 is 0.923 bits per heavy atom. The van der Waals surface area contributed by atoms with Gasteiger partial charge in [0.1, 0.15) is 5.75 Å². The first-order valence-electron chi connectivity index (χ1n) is 9.36. The summed E-state index contributed by atoms with van der Waals surface area (Å²) >= 11 is 0. The van der Waals surface area contributed by atoms with Crippen molar-refractivity contribution in [1.29, 1.82) is 0 Å². The fourth-order valence-corrected chi connectivity index (χ4v) is 3.09. The monoisotopic (exact) mass is 354 g/mol. The molecule has 0 aliphatic heterocycles. The molecule has 0 aliphatic carbocycles. The van der Waals surface area contributed by atoms with Crippen molar-refractivity contribution in [2.75, 3.05) is 13.2 Å². The maximum atomic E-state index is 11.6. The molecular formula is C23H30O3. The van der Waals surface area contributed by atoms with Gasteiger partial charge in [0.25, 0.3) is 0 Å². The number of esters is 1. The van der Waals surface area contributed by atoms with Crippen molar-refractivity contribution in [3.05, 3.63) is 53.1 Å². The molecular weight excluding hydrogens is 324 g/mol. The summed E-state index contributed by atoms with van der Waals surface area (Å²) in [5.74, 6) is 1.19. The molecule has 0 aliphatic rings. The number of carbonyl (C=O) groups is 1. The Morgan fingerprint density at radius 3 is 2.08 bits per heavy atom. The lowest BCUT2D eigenvalue weighted by atomic mass is 9.91. The minimum Gasteiger partial charge on any atom is -0.482 e. The first-order chi connectivity index (χ1) is 12.3. The molecule has 0 saturated heterocycles. The quantitative estimate of drug-likeness (QED) is 0.585. The highest BCUT2D eigenvalue weighted by molar-refractivity contribution is 5.71. The summed E-state index contributed by atoms with van der Waals surface area (Å²) in [7, 11) is 0. The van der Waals surface area contributed by atoms with Gasteiger partial charge in [0.05, 0.1) is 6.61 Å². The van der Waals surface area contributed by atoms with Crippen LogP contribution in [0.3, 0.4) is 0 Å². The van der Waals surface area contributed by atoms with E-state index in [0.29, 0.717) is 18.4 Å². The van der Waals surface area contributed by atoms with Gasteiger partial charge in [-0.3, -0.25) is 0 Å². The van der Waals surface area contributed by atoms with Crippen LogP contribution in [0.5, 0.6) is 5.75 Å². The third-order valence-corrected chi connectivity index (χ3v) is 4.52. The highest BCUT2D eigenvalue weighted by Crippen LogP contribution is 2.33. The molecule has 0 unspecified atom stereocenters. The second-order valence-corrected chi connectivity index (χ2v) is 7.23. The van der Waals surface area contributed by atoms with Crippen LogP contribution < -0.4 is 4.74 Å². The summed E-state index contributed by atoms with van der Waals surface area (Å²) in [5.41, 5.74) is 6.16. The predicted molar refractivity (Wildman–Crippen MR) is 107 cm³/mol. The average Bonchev–Trinajstić information content (AvgIpc) is 2.60. The molecule has 0 atom stereocenters. The van der Waals surface area contributed by atoms with E-state index in [-0.39, 0.29) is 12.6 Å². The number of ether oxygens (including phenoxy) is 2. The SMILES string of the molecule is CCOC(=O)COc1ccc(-c2ccc(C)c(C(C)C)c2)cc1C(C)C. The summed E-state index contributed by atoms with van der Waals surface area (Å²) in [6, 6.07) is 12.8. The van der Waals surface area contributed by atoms with Crippen molar-refractivity contribution in [3.8, 4) is 16.9 Å². The number of carbonyl (C=O) groups excluding carboxylic acids is 1. The molecule has 3 heteroatoms. The van der Waals surface area contributed by atoms with Crippen LogP contribution in [0.25, 0.3) is 11.1 Å². The van der Waals surface area contributed by atoms with E-state index >= 15 is 0 Å². The fraction of sp³-hybridized carbons (Fsp3) is 0.435. The van der Waals surface area contributed by atoms with Gasteiger partial charge in [0.15, 0.2) is 6.61 Å². The standard InChI is InChI=1S/C23H30O3/c1-7-25-23(24)14-26-22-11-10-19(13-21(22)16(4)5)18-9-8-17(6)20(12-18)15(2)3/h8-13,15-16H,7,14H2,1-6H3. The smallest absolute Gasteiger partial charge is 0.344 e. The van der Waals surface area contributed by atoms with E-state index in [1.54, 1.807) is 6.92 Å². The van der Waals surface area contributed by atoms with Crippen LogP contribution in [0.4, 0.5) is 0 Å². The van der Waals surface area contributed by atoms with Gasteiger partial charge in [-0.15, -0.1) is 0 Å². The lowest BCUT2D eigenvalue weighted by molar-refractivity contribution is -0.145. The first-order valence-corrected chi connectivity index (χ1v) is 9.36. The van der Waals surface area contributed by atoms with Gasteiger partial charge in [-0.25, -0.2) is 4.79 Å². The van der Waals surface area contributed by atoms with Gasteiger partial charge in [-0.05, 0) is 65.6 Å². The minimum absolute atomic E-state index is 0.0606. The van der Waals surface area contributed by atoms with Gasteiger partial charge in [0, 0.05) is 0 Å². The molecule has 3 nitrogen and oxygen atoms in total. The third-order valence-electron chi connectivity index (χ3n) is 4.52. The van der Waals surface area contributed by atoms with Gasteiger partial charge in [-0.2, -0.15) is 0 Å². The van der Waals surface area contributed by atoms with E-state index in [9.17, 15) is 4.79 Å². The minimum atomic E-state index is -0.341. The summed E-state index contributed by atoms with van der Waals surface area (Å²) in [4.78, 5) is 11.6. The molecule has 0 fully saturated rings. The highest BCUT2D eigenvalue weighted by atomic mass is 16.6. The lowest BCUT2D eigenvalue weighted by Crippen LogP contribution is -2.15. The molecule has 2 aromatic carbocycles. The Bertz CT molecular complexity index is 760. The lowest BCUT2D eigenvalue weighted by Gasteiger charge is -2.17. The van der Waals surface area contributed by atoms with Crippen molar-refractivity contribution in [2.24, 2.45) is 0 Å². The van der Waals surface area contributed by atoms with Crippen LogP contribution in [-0.4, -0.2) is 19.2 Å². The van der Waals surface area contributed by atoms with Crippen LogP contribution >= 0.6 is 0 Å². The zero-order valence-corrected chi connectivity index (χ0v) is 16.8. The normalized spacial score (nSPS) is 11.1. The van der Waals surface area contributed by atoms with E-state index in [1.807, 2.05) is 6.07 Å². The van der Waals surface area contributed by atoms with E-state index < -0.39 is 0 Å². The van der Waals surface area contributed by atoms with Gasteiger partial charge in [0.2, 0.25) is 0 Å². The predicted octanol–water partition coefficient (Wildman–Crippen LogP) is 5.85. The van der Waals surface area contributed by atoms with Gasteiger partial charge >= 0.3 is 5.97 Å². The zero-order valence-electron chi connectivity index (χ0n) is 16.8. The van der Waals surface area contributed by atoms with Gasteiger partial charge < -0.3 is 9.47 Å². The molecule has 26 heavy (non-hydrogen) atoms. The first kappa shape index (κ1) is 20.0. The highest BCUT2D eigenvalue weighted by Gasteiger charge is 2.13. The third kappa shape index (κ3) is 4.87. The van der Waals surface area contributed by atoms with Crippen LogP contribution in [0.15, 0.2) is 36.4 Å². The molecule has 0 bridgehead atoms. The van der Waals surface area contributed by atoms with E-state index in [2.05, 4.69) is 65.0 Å². The van der Waals surface area contributed by atoms with Crippen LogP contribution in [0, 0.1) is 6.92 Å². The van der Waals surface area contributed by atoms with Crippen LogP contribution in [-0.2, 0) is 9.53 Å². The number of rotatable bonds is 7. The molecule has 0 heterocycles. The number of hydrogen-bond acceptors (Lipinski definition) is 3. The molecule has 0 saturated carbocycles. The summed E-state index contributed by atoms with van der Waals surface area (Å²) in [6.45, 7) is 13.0. The summed E-state index contributed by atoms with van der Waals surface area (Å²) < 4.78 is 10.6. The largest absolute Gasteiger partial charge is 0.482 e. The molecule has 0 amide bonds. The Morgan fingerprint density at radius 2 is 1.50 bits per heavy atom. The van der Waals surface area contributed by atoms with E-state index in [0.717, 1.165) is 11.3 Å². The second-order valence-electron chi connectivity index (χ2n) is 7.23. The molecule has 0 aromatic heterocycles. The summed E-state index contributed by atoms with van der Waals surface area (Å²) in [5, 5.41) is 0. The Labute approximate surface area is 157 Å². The van der Waals surface area contributed by atoms with Gasteiger partial charge in [-0.1, -0.05) is 52.0 Å². The zero-order chi connectivity index (χ0) is 19.3. The molecule has 2 rings (SSSR count). The molecule has 0 N–H and O–H groups in total. The van der Waals surface area contributed by atoms with Crippen LogP contribution in [0.2, 0.25) is 0 Å². The maximum absolute atomic E-state index is 11.6. The maximum Gasteiger partial charge on any atom is 0.344 e. The van der Waals surface area contributed by atoms with Crippen molar-refractivity contribution in [1.82, 2.24) is 0 Å². The summed E-state index contributed by atoms with van der Waals surface area (Å²) in [6.07, 6.45) is 0. The Kier molecular flexibility index (Phi) is 6.84.